The second kappa shape index (κ2) is 4.51. The summed E-state index contributed by atoms with van der Waals surface area (Å²) < 4.78 is 1.97. The van der Waals surface area contributed by atoms with Gasteiger partial charge >= 0.3 is 0 Å². The highest BCUT2D eigenvalue weighted by atomic mass is 15.4. The molecule has 1 unspecified atom stereocenters. The fraction of sp³-hybridized carbons (Fsp3) is 0.818. The van der Waals surface area contributed by atoms with Crippen molar-refractivity contribution in [3.05, 3.63) is 12.2 Å². The van der Waals surface area contributed by atoms with Crippen LogP contribution in [0.1, 0.15) is 39.1 Å². The Morgan fingerprint density at radius 1 is 1.62 bits per heavy atom. The lowest BCUT2D eigenvalue weighted by atomic mass is 10.0. The summed E-state index contributed by atoms with van der Waals surface area (Å²) in [5.74, 6) is 1.02. The SMILES string of the molecule is CC(C)n1ncnc1CNC1(C)CCNC1. The van der Waals surface area contributed by atoms with Gasteiger partial charge in [0.25, 0.3) is 0 Å². The largest absolute Gasteiger partial charge is 0.315 e. The van der Waals surface area contributed by atoms with E-state index in [-0.39, 0.29) is 5.54 Å². The van der Waals surface area contributed by atoms with Crippen LogP contribution in [0.25, 0.3) is 0 Å². The first-order chi connectivity index (χ1) is 7.61. The number of nitrogens with one attached hydrogen (secondary N) is 2. The van der Waals surface area contributed by atoms with Crippen molar-refractivity contribution < 1.29 is 0 Å². The molecule has 0 amide bonds. The Hall–Kier alpha value is -0.940. The smallest absolute Gasteiger partial charge is 0.141 e. The Kier molecular flexibility index (Phi) is 3.25. The summed E-state index contributed by atoms with van der Waals surface area (Å²) in [6.45, 7) is 9.41. The van der Waals surface area contributed by atoms with E-state index in [1.54, 1.807) is 6.33 Å². The minimum atomic E-state index is 0.202. The Morgan fingerprint density at radius 3 is 3.06 bits per heavy atom. The van der Waals surface area contributed by atoms with Crippen molar-refractivity contribution in [2.75, 3.05) is 13.1 Å². The van der Waals surface area contributed by atoms with E-state index in [0.29, 0.717) is 6.04 Å². The normalized spacial score (nSPS) is 25.5. The first kappa shape index (κ1) is 11.5. The fourth-order valence-corrected chi connectivity index (χ4v) is 2.09. The van der Waals surface area contributed by atoms with Gasteiger partial charge in [0.15, 0.2) is 0 Å². The van der Waals surface area contributed by atoms with Crippen LogP contribution in [0.5, 0.6) is 0 Å². The van der Waals surface area contributed by atoms with Crippen LogP contribution in [0.3, 0.4) is 0 Å². The van der Waals surface area contributed by atoms with Crippen molar-refractivity contribution in [3.8, 4) is 0 Å². The Morgan fingerprint density at radius 2 is 2.44 bits per heavy atom. The van der Waals surface area contributed by atoms with Crippen molar-refractivity contribution >= 4 is 0 Å². The molecule has 1 fully saturated rings. The summed E-state index contributed by atoms with van der Waals surface area (Å²) in [7, 11) is 0. The molecule has 2 N–H and O–H groups in total. The summed E-state index contributed by atoms with van der Waals surface area (Å²) in [4.78, 5) is 4.30. The fourth-order valence-electron chi connectivity index (χ4n) is 2.09. The van der Waals surface area contributed by atoms with E-state index < -0.39 is 0 Å². The van der Waals surface area contributed by atoms with E-state index in [1.807, 2.05) is 4.68 Å². The zero-order valence-corrected chi connectivity index (χ0v) is 10.3. The molecule has 0 radical (unpaired) electrons. The maximum Gasteiger partial charge on any atom is 0.141 e. The maximum absolute atomic E-state index is 4.30. The Labute approximate surface area is 96.6 Å². The highest BCUT2D eigenvalue weighted by molar-refractivity contribution is 4.95. The van der Waals surface area contributed by atoms with Crippen LogP contribution in [0, 0.1) is 0 Å². The van der Waals surface area contributed by atoms with Crippen molar-refractivity contribution in [2.24, 2.45) is 0 Å². The van der Waals surface area contributed by atoms with Gasteiger partial charge in [0.2, 0.25) is 0 Å². The van der Waals surface area contributed by atoms with Gasteiger partial charge in [-0.15, -0.1) is 0 Å². The van der Waals surface area contributed by atoms with Gasteiger partial charge in [-0.05, 0) is 33.7 Å². The second-order valence-electron chi connectivity index (χ2n) is 5.06. The predicted molar refractivity (Wildman–Crippen MR) is 63.1 cm³/mol. The average Bonchev–Trinajstić information content (AvgIpc) is 2.83. The molecule has 0 aromatic carbocycles. The molecule has 2 rings (SSSR count). The molecule has 1 aliphatic heterocycles. The average molecular weight is 223 g/mol. The third kappa shape index (κ3) is 2.41. The van der Waals surface area contributed by atoms with E-state index in [9.17, 15) is 0 Å². The second-order valence-corrected chi connectivity index (χ2v) is 5.06. The third-order valence-electron chi connectivity index (χ3n) is 3.18. The summed E-state index contributed by atoms with van der Waals surface area (Å²) in [5.41, 5.74) is 0.202. The van der Waals surface area contributed by atoms with Crippen LogP contribution in [0.2, 0.25) is 0 Å². The molecule has 5 heteroatoms. The van der Waals surface area contributed by atoms with E-state index in [2.05, 4.69) is 41.5 Å². The van der Waals surface area contributed by atoms with Crippen molar-refractivity contribution in [1.82, 2.24) is 25.4 Å². The van der Waals surface area contributed by atoms with E-state index >= 15 is 0 Å². The van der Waals surface area contributed by atoms with Crippen LogP contribution in [0.4, 0.5) is 0 Å². The molecule has 5 nitrogen and oxygen atoms in total. The molecular formula is C11H21N5. The van der Waals surface area contributed by atoms with Crippen molar-refractivity contribution in [2.45, 2.75) is 45.3 Å². The molecule has 1 aromatic rings. The zero-order chi connectivity index (χ0) is 11.6. The quantitative estimate of drug-likeness (QED) is 0.789. The van der Waals surface area contributed by atoms with Gasteiger partial charge in [0, 0.05) is 18.1 Å². The minimum Gasteiger partial charge on any atom is -0.315 e. The number of hydrogen-bond acceptors (Lipinski definition) is 4. The van der Waals surface area contributed by atoms with Crippen LogP contribution < -0.4 is 10.6 Å². The van der Waals surface area contributed by atoms with Crippen LogP contribution in [-0.4, -0.2) is 33.4 Å². The molecule has 1 aromatic heterocycles. The lowest BCUT2D eigenvalue weighted by molar-refractivity contribution is 0.369. The summed E-state index contributed by atoms with van der Waals surface area (Å²) in [6.07, 6.45) is 2.80. The molecule has 1 saturated heterocycles. The minimum absolute atomic E-state index is 0.202. The summed E-state index contributed by atoms with van der Waals surface area (Å²) >= 11 is 0. The summed E-state index contributed by atoms with van der Waals surface area (Å²) in [6, 6.07) is 0.369. The van der Waals surface area contributed by atoms with E-state index in [4.69, 9.17) is 0 Å². The van der Waals surface area contributed by atoms with Crippen LogP contribution in [0.15, 0.2) is 6.33 Å². The van der Waals surface area contributed by atoms with Crippen LogP contribution in [-0.2, 0) is 6.54 Å². The molecule has 2 heterocycles. The van der Waals surface area contributed by atoms with Gasteiger partial charge in [-0.3, -0.25) is 0 Å². The highest BCUT2D eigenvalue weighted by Gasteiger charge is 2.28. The van der Waals surface area contributed by atoms with Gasteiger partial charge < -0.3 is 10.6 Å². The number of rotatable bonds is 4. The van der Waals surface area contributed by atoms with Crippen LogP contribution >= 0.6 is 0 Å². The topological polar surface area (TPSA) is 54.8 Å². The number of aromatic nitrogens is 3. The predicted octanol–water partition coefficient (Wildman–Crippen LogP) is 0.701. The van der Waals surface area contributed by atoms with Gasteiger partial charge in [0.1, 0.15) is 12.2 Å². The standard InChI is InChI=1S/C11H21N5/c1-9(2)16-10(13-8-15-16)6-14-11(3)4-5-12-7-11/h8-9,12,14H,4-7H2,1-3H3. The molecule has 16 heavy (non-hydrogen) atoms. The van der Waals surface area contributed by atoms with Gasteiger partial charge in [-0.25, -0.2) is 9.67 Å². The lowest BCUT2D eigenvalue weighted by Gasteiger charge is -2.24. The summed E-state index contributed by atoms with van der Waals surface area (Å²) in [5, 5.41) is 11.2. The molecule has 0 bridgehead atoms. The van der Waals surface area contributed by atoms with Crippen molar-refractivity contribution in [1.29, 1.82) is 0 Å². The molecule has 0 saturated carbocycles. The van der Waals surface area contributed by atoms with Crippen molar-refractivity contribution in [3.63, 3.8) is 0 Å². The van der Waals surface area contributed by atoms with Gasteiger partial charge in [-0.1, -0.05) is 0 Å². The molecule has 90 valence electrons. The Bertz CT molecular complexity index is 338. The Balaban J connectivity index is 1.96. The number of hydrogen-bond donors (Lipinski definition) is 2. The first-order valence-corrected chi connectivity index (χ1v) is 5.95. The highest BCUT2D eigenvalue weighted by Crippen LogP contribution is 2.14. The molecule has 1 atom stereocenters. The van der Waals surface area contributed by atoms with E-state index in [0.717, 1.165) is 25.5 Å². The molecule has 0 spiro atoms. The van der Waals surface area contributed by atoms with Gasteiger partial charge in [0.05, 0.1) is 6.54 Å². The first-order valence-electron chi connectivity index (χ1n) is 5.95. The number of nitrogens with zero attached hydrogens (tertiary/aromatic N) is 3. The van der Waals surface area contributed by atoms with E-state index in [1.165, 1.54) is 6.42 Å². The molecule has 1 aliphatic rings. The monoisotopic (exact) mass is 223 g/mol. The lowest BCUT2D eigenvalue weighted by Crippen LogP contribution is -2.44. The van der Waals surface area contributed by atoms with Gasteiger partial charge in [-0.2, -0.15) is 5.10 Å². The zero-order valence-electron chi connectivity index (χ0n) is 10.3. The molecule has 0 aliphatic carbocycles. The maximum atomic E-state index is 4.30. The third-order valence-corrected chi connectivity index (χ3v) is 3.18. The molecular weight excluding hydrogens is 202 g/mol.